The molecule has 3 N–H and O–H groups in total. The summed E-state index contributed by atoms with van der Waals surface area (Å²) in [6.07, 6.45) is 3.33. The van der Waals surface area contributed by atoms with Crippen molar-refractivity contribution in [2.45, 2.75) is 13.8 Å². The van der Waals surface area contributed by atoms with Crippen LogP contribution in [-0.2, 0) is 0 Å². The molecule has 0 spiro atoms. The fourth-order valence-electron chi connectivity index (χ4n) is 4.01. The van der Waals surface area contributed by atoms with Gasteiger partial charge in [-0.15, -0.1) is 0 Å². The van der Waals surface area contributed by atoms with E-state index in [1.807, 2.05) is 12.1 Å². The highest BCUT2D eigenvalue weighted by molar-refractivity contribution is 6.00. The highest BCUT2D eigenvalue weighted by atomic mass is 16.1. The van der Waals surface area contributed by atoms with Gasteiger partial charge in [0.05, 0.1) is 17.4 Å². The monoisotopic (exact) mass is 390 g/mol. The van der Waals surface area contributed by atoms with Crippen molar-refractivity contribution in [2.24, 2.45) is 5.73 Å². The number of pyridine rings is 2. The summed E-state index contributed by atoms with van der Waals surface area (Å²) < 4.78 is 0. The Morgan fingerprint density at radius 2 is 1.79 bits per heavy atom. The minimum Gasteiger partial charge on any atom is -0.369 e. The summed E-state index contributed by atoms with van der Waals surface area (Å²) >= 11 is 0. The largest absolute Gasteiger partial charge is 0.369 e. The lowest BCUT2D eigenvalue weighted by molar-refractivity contribution is 0.0997. The van der Waals surface area contributed by atoms with Crippen molar-refractivity contribution >= 4 is 33.9 Å². The zero-order valence-electron chi connectivity index (χ0n) is 17.1. The lowest BCUT2D eigenvalue weighted by Crippen LogP contribution is -2.45. The third-order valence-electron chi connectivity index (χ3n) is 5.44. The Hall–Kier alpha value is -3.19. The molecule has 1 saturated heterocycles. The number of benzene rings is 1. The third kappa shape index (κ3) is 3.86. The van der Waals surface area contributed by atoms with Gasteiger partial charge in [0.15, 0.2) is 5.69 Å². The van der Waals surface area contributed by atoms with Gasteiger partial charge in [0, 0.05) is 49.1 Å². The number of aryl methyl sites for hydroxylation is 2. The number of nitrogens with two attached hydrogens (primary N) is 1. The zero-order chi connectivity index (χ0) is 20.5. The van der Waals surface area contributed by atoms with E-state index in [1.54, 1.807) is 12.4 Å². The lowest BCUT2D eigenvalue weighted by atomic mass is 10.0. The van der Waals surface area contributed by atoms with Gasteiger partial charge in [-0.05, 0) is 56.3 Å². The number of rotatable bonds is 4. The zero-order valence-corrected chi connectivity index (χ0v) is 17.1. The van der Waals surface area contributed by atoms with Gasteiger partial charge in [0.25, 0.3) is 5.91 Å². The van der Waals surface area contributed by atoms with Crippen LogP contribution < -0.4 is 16.0 Å². The van der Waals surface area contributed by atoms with Crippen LogP contribution >= 0.6 is 0 Å². The van der Waals surface area contributed by atoms with Gasteiger partial charge in [0.2, 0.25) is 0 Å². The molecule has 2 aromatic heterocycles. The molecule has 0 unspecified atom stereocenters. The normalized spacial score (nSPS) is 14.9. The van der Waals surface area contributed by atoms with Crippen LogP contribution in [0.4, 0.5) is 17.1 Å². The average Bonchev–Trinajstić information content (AvgIpc) is 2.68. The fraction of sp³-hybridized carbons (Fsp3) is 0.318. The van der Waals surface area contributed by atoms with Crippen molar-refractivity contribution in [1.82, 2.24) is 14.9 Å². The number of primary amides is 1. The number of nitrogens with one attached hydrogen (secondary N) is 1. The predicted octanol–water partition coefficient (Wildman–Crippen LogP) is 2.84. The minimum atomic E-state index is -0.569. The maximum atomic E-state index is 12.0. The standard InChI is InChI=1S/C22H26N6O/c1-14-10-17(11-15(2)21(14)28-8-6-27(3)7-9-28)25-18-12-16-4-5-24-13-19(16)26-20(18)22(23)29/h4-5,10-13,25H,6-9H2,1-3H3,(H2,23,29). The van der Waals surface area contributed by atoms with E-state index in [1.165, 1.54) is 16.8 Å². The molecule has 0 aliphatic carbocycles. The maximum Gasteiger partial charge on any atom is 0.269 e. The van der Waals surface area contributed by atoms with Crippen molar-refractivity contribution in [3.63, 3.8) is 0 Å². The molecule has 150 valence electrons. The summed E-state index contributed by atoms with van der Waals surface area (Å²) in [5, 5.41) is 4.25. The molecule has 3 heterocycles. The molecule has 1 fully saturated rings. The van der Waals surface area contributed by atoms with Crippen LogP contribution in [0.1, 0.15) is 21.6 Å². The van der Waals surface area contributed by atoms with Gasteiger partial charge in [-0.25, -0.2) is 4.98 Å². The van der Waals surface area contributed by atoms with E-state index < -0.39 is 5.91 Å². The van der Waals surface area contributed by atoms with Crippen LogP contribution in [0.25, 0.3) is 10.9 Å². The summed E-state index contributed by atoms with van der Waals surface area (Å²) in [6, 6.07) is 7.98. The number of carbonyl (C=O) groups is 1. The van der Waals surface area contributed by atoms with Gasteiger partial charge in [0.1, 0.15) is 0 Å². The number of piperazine rings is 1. The number of hydrogen-bond acceptors (Lipinski definition) is 6. The Morgan fingerprint density at radius 1 is 1.10 bits per heavy atom. The van der Waals surface area contributed by atoms with E-state index in [0.29, 0.717) is 11.2 Å². The Bertz CT molecular complexity index is 1050. The van der Waals surface area contributed by atoms with Gasteiger partial charge in [-0.2, -0.15) is 0 Å². The van der Waals surface area contributed by atoms with Crippen LogP contribution in [0.15, 0.2) is 36.7 Å². The molecule has 1 aliphatic heterocycles. The van der Waals surface area contributed by atoms with Crippen LogP contribution in [0, 0.1) is 13.8 Å². The third-order valence-corrected chi connectivity index (χ3v) is 5.44. The summed E-state index contributed by atoms with van der Waals surface area (Å²) in [7, 11) is 2.16. The molecule has 7 nitrogen and oxygen atoms in total. The molecule has 0 atom stereocenters. The fourth-order valence-corrected chi connectivity index (χ4v) is 4.01. The van der Waals surface area contributed by atoms with Crippen molar-refractivity contribution in [3.05, 3.63) is 53.5 Å². The quantitative estimate of drug-likeness (QED) is 0.712. The smallest absolute Gasteiger partial charge is 0.269 e. The first kappa shape index (κ1) is 19.1. The number of anilines is 3. The van der Waals surface area contributed by atoms with Gasteiger partial charge < -0.3 is 20.9 Å². The Labute approximate surface area is 170 Å². The van der Waals surface area contributed by atoms with E-state index in [-0.39, 0.29) is 5.69 Å². The number of fused-ring (bicyclic) bond motifs is 1. The molecule has 1 aliphatic rings. The molecule has 7 heteroatoms. The topological polar surface area (TPSA) is 87.4 Å². The number of nitrogens with zero attached hydrogens (tertiary/aromatic N) is 4. The number of amides is 1. The number of hydrogen-bond donors (Lipinski definition) is 2. The summed E-state index contributed by atoms with van der Waals surface area (Å²) in [6.45, 7) is 8.45. The highest BCUT2D eigenvalue weighted by Gasteiger charge is 2.19. The first-order valence-corrected chi connectivity index (χ1v) is 9.78. The second kappa shape index (κ2) is 7.67. The Morgan fingerprint density at radius 3 is 2.45 bits per heavy atom. The Kier molecular flexibility index (Phi) is 5.07. The van der Waals surface area contributed by atoms with Crippen LogP contribution in [0.3, 0.4) is 0 Å². The van der Waals surface area contributed by atoms with Crippen molar-refractivity contribution in [3.8, 4) is 0 Å². The Balaban J connectivity index is 1.68. The van der Waals surface area contributed by atoms with E-state index in [0.717, 1.165) is 37.3 Å². The number of likely N-dealkylation sites (N-methyl/N-ethyl adjacent to an activating group) is 1. The molecule has 0 radical (unpaired) electrons. The molecule has 0 saturated carbocycles. The lowest BCUT2D eigenvalue weighted by Gasteiger charge is -2.36. The highest BCUT2D eigenvalue weighted by Crippen LogP contribution is 2.31. The second-order valence-corrected chi connectivity index (χ2v) is 7.69. The molecule has 0 bridgehead atoms. The van der Waals surface area contributed by atoms with Gasteiger partial charge in [-0.3, -0.25) is 9.78 Å². The predicted molar refractivity (Wildman–Crippen MR) is 117 cm³/mol. The minimum absolute atomic E-state index is 0.212. The van der Waals surface area contributed by atoms with Crippen LogP contribution in [0.2, 0.25) is 0 Å². The molecule has 3 aromatic rings. The molecule has 1 amide bonds. The molecular formula is C22H26N6O. The first-order chi connectivity index (χ1) is 13.9. The van der Waals surface area contributed by atoms with Gasteiger partial charge in [-0.1, -0.05) is 0 Å². The van der Waals surface area contributed by atoms with Crippen LogP contribution in [-0.4, -0.2) is 54.0 Å². The van der Waals surface area contributed by atoms with Crippen molar-refractivity contribution < 1.29 is 4.79 Å². The first-order valence-electron chi connectivity index (χ1n) is 9.78. The molecule has 29 heavy (non-hydrogen) atoms. The van der Waals surface area contributed by atoms with E-state index in [2.05, 4.69) is 58.1 Å². The van der Waals surface area contributed by atoms with E-state index >= 15 is 0 Å². The summed E-state index contributed by atoms with van der Waals surface area (Å²) in [5.74, 6) is -0.569. The number of carbonyl (C=O) groups excluding carboxylic acids is 1. The molecular weight excluding hydrogens is 364 g/mol. The molecule has 4 rings (SSSR count). The van der Waals surface area contributed by atoms with Gasteiger partial charge >= 0.3 is 0 Å². The SMILES string of the molecule is Cc1cc(Nc2cc3ccncc3nc2C(N)=O)cc(C)c1N1CCN(C)CC1. The van der Waals surface area contributed by atoms with Crippen LogP contribution in [0.5, 0.6) is 0 Å². The number of aromatic nitrogens is 2. The van der Waals surface area contributed by atoms with Crippen molar-refractivity contribution in [2.75, 3.05) is 43.4 Å². The van der Waals surface area contributed by atoms with E-state index in [4.69, 9.17) is 5.73 Å². The summed E-state index contributed by atoms with van der Waals surface area (Å²) in [5.41, 5.74) is 11.6. The maximum absolute atomic E-state index is 12.0. The average molecular weight is 390 g/mol. The van der Waals surface area contributed by atoms with Crippen molar-refractivity contribution in [1.29, 1.82) is 0 Å². The van der Waals surface area contributed by atoms with E-state index in [9.17, 15) is 4.79 Å². The summed E-state index contributed by atoms with van der Waals surface area (Å²) in [4.78, 5) is 25.2. The second-order valence-electron chi connectivity index (χ2n) is 7.69. The molecule has 1 aromatic carbocycles.